The van der Waals surface area contributed by atoms with E-state index in [0.29, 0.717) is 17.3 Å². The number of ether oxygens (including phenoxy) is 1. The normalized spacial score (nSPS) is 12.1. The Morgan fingerprint density at radius 1 is 1.33 bits per heavy atom. The molecular weight excluding hydrogens is 344 g/mol. The molecule has 1 aromatic carbocycles. The van der Waals surface area contributed by atoms with Crippen LogP contribution in [0.5, 0.6) is 5.75 Å². The van der Waals surface area contributed by atoms with Crippen molar-refractivity contribution in [2.45, 2.75) is 23.9 Å². The van der Waals surface area contributed by atoms with Crippen molar-refractivity contribution in [3.63, 3.8) is 0 Å². The summed E-state index contributed by atoms with van der Waals surface area (Å²) in [5.74, 6) is 0.764. The Hall–Kier alpha value is -2.19. The van der Waals surface area contributed by atoms with Crippen molar-refractivity contribution >= 4 is 28.9 Å². The zero-order valence-electron chi connectivity index (χ0n) is 13.2. The van der Waals surface area contributed by atoms with E-state index in [9.17, 15) is 4.79 Å². The standard InChI is InChI=1S/C16H16N4O2S2/c1-11(15(21)12-5-7-13(22-2)8-6-12)24-16-17-18-19-20(16)10-14-4-3-9-23-14/h3-9,11H,10H2,1-2H3. The zero-order chi connectivity index (χ0) is 16.9. The molecule has 0 spiro atoms. The number of carbonyl (C=O) groups is 1. The zero-order valence-corrected chi connectivity index (χ0v) is 14.9. The smallest absolute Gasteiger partial charge is 0.210 e. The molecule has 0 amide bonds. The minimum Gasteiger partial charge on any atom is -0.497 e. The molecule has 2 aromatic heterocycles. The summed E-state index contributed by atoms with van der Waals surface area (Å²) in [7, 11) is 1.60. The first-order valence-corrected chi connectivity index (χ1v) is 9.07. The van der Waals surface area contributed by atoms with Crippen LogP contribution >= 0.6 is 23.1 Å². The molecule has 3 aromatic rings. The largest absolute Gasteiger partial charge is 0.497 e. The van der Waals surface area contributed by atoms with Crippen LogP contribution in [0.2, 0.25) is 0 Å². The summed E-state index contributed by atoms with van der Waals surface area (Å²) in [4.78, 5) is 13.7. The van der Waals surface area contributed by atoms with Gasteiger partial charge in [-0.2, -0.15) is 0 Å². The van der Waals surface area contributed by atoms with E-state index in [1.807, 2.05) is 24.4 Å². The second kappa shape index (κ2) is 7.59. The molecule has 3 rings (SSSR count). The third-order valence-electron chi connectivity index (χ3n) is 3.41. The summed E-state index contributed by atoms with van der Waals surface area (Å²) in [6.07, 6.45) is 0. The molecule has 0 aliphatic rings. The summed E-state index contributed by atoms with van der Waals surface area (Å²) in [5, 5.41) is 14.1. The van der Waals surface area contributed by atoms with Crippen molar-refractivity contribution in [2.75, 3.05) is 7.11 Å². The minimum absolute atomic E-state index is 0.0355. The van der Waals surface area contributed by atoms with Crippen molar-refractivity contribution < 1.29 is 9.53 Å². The van der Waals surface area contributed by atoms with Crippen LogP contribution in [0.4, 0.5) is 0 Å². The number of hydrogen-bond donors (Lipinski definition) is 0. The van der Waals surface area contributed by atoms with Gasteiger partial charge in [0.15, 0.2) is 5.78 Å². The second-order valence-electron chi connectivity index (χ2n) is 5.05. The van der Waals surface area contributed by atoms with Crippen LogP contribution in [0.1, 0.15) is 22.2 Å². The Labute approximate surface area is 147 Å². The van der Waals surface area contributed by atoms with Crippen molar-refractivity contribution in [2.24, 2.45) is 0 Å². The van der Waals surface area contributed by atoms with Gasteiger partial charge in [0.2, 0.25) is 5.16 Å². The Morgan fingerprint density at radius 2 is 2.12 bits per heavy atom. The van der Waals surface area contributed by atoms with Gasteiger partial charge in [-0.3, -0.25) is 4.79 Å². The van der Waals surface area contributed by atoms with Gasteiger partial charge in [0.1, 0.15) is 5.75 Å². The van der Waals surface area contributed by atoms with E-state index in [-0.39, 0.29) is 11.0 Å². The Bertz CT molecular complexity index is 800. The first-order valence-electron chi connectivity index (χ1n) is 7.31. The number of rotatable bonds is 7. The van der Waals surface area contributed by atoms with Crippen LogP contribution in [0.25, 0.3) is 0 Å². The first kappa shape index (κ1) is 16.7. The molecule has 2 heterocycles. The number of ketones is 1. The number of thioether (sulfide) groups is 1. The average Bonchev–Trinajstić information content (AvgIpc) is 3.27. The highest BCUT2D eigenvalue weighted by Crippen LogP contribution is 2.25. The van der Waals surface area contributed by atoms with Crippen LogP contribution in [0.15, 0.2) is 46.9 Å². The lowest BCUT2D eigenvalue weighted by molar-refractivity contribution is 0.0994. The van der Waals surface area contributed by atoms with Gasteiger partial charge < -0.3 is 4.74 Å². The molecule has 24 heavy (non-hydrogen) atoms. The molecule has 0 radical (unpaired) electrons. The van der Waals surface area contributed by atoms with Gasteiger partial charge in [-0.25, -0.2) is 4.68 Å². The maximum atomic E-state index is 12.6. The van der Waals surface area contributed by atoms with Crippen LogP contribution in [0, 0.1) is 0 Å². The number of methoxy groups -OCH3 is 1. The molecule has 8 heteroatoms. The van der Waals surface area contributed by atoms with Gasteiger partial charge in [0, 0.05) is 10.4 Å². The van der Waals surface area contributed by atoms with Crippen LogP contribution in [-0.4, -0.2) is 38.4 Å². The van der Waals surface area contributed by atoms with Crippen LogP contribution in [0.3, 0.4) is 0 Å². The number of hydrogen-bond acceptors (Lipinski definition) is 7. The van der Waals surface area contributed by atoms with E-state index in [1.165, 1.54) is 16.6 Å². The molecular formula is C16H16N4O2S2. The van der Waals surface area contributed by atoms with Gasteiger partial charge in [-0.15, -0.1) is 16.4 Å². The molecule has 0 aliphatic carbocycles. The van der Waals surface area contributed by atoms with E-state index in [4.69, 9.17) is 4.74 Å². The molecule has 0 bridgehead atoms. The summed E-state index contributed by atoms with van der Waals surface area (Å²) in [6.45, 7) is 2.47. The second-order valence-corrected chi connectivity index (χ2v) is 7.39. The monoisotopic (exact) mass is 360 g/mol. The maximum Gasteiger partial charge on any atom is 0.210 e. The molecule has 0 N–H and O–H groups in total. The van der Waals surface area contributed by atoms with Crippen molar-refractivity contribution in [3.05, 3.63) is 52.2 Å². The lowest BCUT2D eigenvalue weighted by atomic mass is 10.1. The number of carbonyl (C=O) groups excluding carboxylic acids is 1. The topological polar surface area (TPSA) is 69.9 Å². The Kier molecular flexibility index (Phi) is 5.27. The van der Waals surface area contributed by atoms with Crippen molar-refractivity contribution in [1.82, 2.24) is 20.2 Å². The molecule has 0 saturated carbocycles. The van der Waals surface area contributed by atoms with Gasteiger partial charge in [0.25, 0.3) is 0 Å². The third kappa shape index (κ3) is 3.82. The molecule has 124 valence electrons. The highest BCUT2D eigenvalue weighted by atomic mass is 32.2. The van der Waals surface area contributed by atoms with Crippen molar-refractivity contribution in [3.8, 4) is 5.75 Å². The summed E-state index contributed by atoms with van der Waals surface area (Å²) in [6, 6.07) is 11.1. The van der Waals surface area contributed by atoms with E-state index >= 15 is 0 Å². The number of tetrazole rings is 1. The fraction of sp³-hybridized carbons (Fsp3) is 0.250. The van der Waals surface area contributed by atoms with E-state index in [0.717, 1.165) is 5.75 Å². The fourth-order valence-electron chi connectivity index (χ4n) is 2.13. The number of benzene rings is 1. The van der Waals surface area contributed by atoms with Gasteiger partial charge >= 0.3 is 0 Å². The minimum atomic E-state index is -0.286. The number of Topliss-reactive ketones (excluding diaryl/α,β-unsaturated/α-hetero) is 1. The Morgan fingerprint density at radius 3 is 2.79 bits per heavy atom. The lowest BCUT2D eigenvalue weighted by Gasteiger charge is -2.10. The third-order valence-corrected chi connectivity index (χ3v) is 5.34. The number of nitrogens with zero attached hydrogens (tertiary/aromatic N) is 4. The molecule has 1 unspecified atom stereocenters. The number of aromatic nitrogens is 4. The average molecular weight is 360 g/mol. The van der Waals surface area contributed by atoms with E-state index in [1.54, 1.807) is 47.4 Å². The predicted octanol–water partition coefficient (Wildman–Crippen LogP) is 3.16. The van der Waals surface area contributed by atoms with Gasteiger partial charge in [-0.1, -0.05) is 17.8 Å². The summed E-state index contributed by atoms with van der Waals surface area (Å²) < 4.78 is 6.83. The highest BCUT2D eigenvalue weighted by molar-refractivity contribution is 8.00. The molecule has 0 fully saturated rings. The lowest BCUT2D eigenvalue weighted by Crippen LogP contribution is -2.15. The first-order chi connectivity index (χ1) is 11.7. The molecule has 0 saturated heterocycles. The van der Waals surface area contributed by atoms with Gasteiger partial charge in [0.05, 0.1) is 18.9 Å². The maximum absolute atomic E-state index is 12.6. The molecule has 6 nitrogen and oxygen atoms in total. The van der Waals surface area contributed by atoms with Crippen LogP contribution in [-0.2, 0) is 6.54 Å². The van der Waals surface area contributed by atoms with E-state index < -0.39 is 0 Å². The van der Waals surface area contributed by atoms with Crippen LogP contribution < -0.4 is 4.74 Å². The highest BCUT2D eigenvalue weighted by Gasteiger charge is 2.20. The number of thiophene rings is 1. The fourth-order valence-corrected chi connectivity index (χ4v) is 3.68. The predicted molar refractivity (Wildman–Crippen MR) is 93.9 cm³/mol. The summed E-state index contributed by atoms with van der Waals surface area (Å²) in [5.41, 5.74) is 0.646. The summed E-state index contributed by atoms with van der Waals surface area (Å²) >= 11 is 3.01. The quantitative estimate of drug-likeness (QED) is 0.476. The van der Waals surface area contributed by atoms with Crippen molar-refractivity contribution in [1.29, 1.82) is 0 Å². The Balaban J connectivity index is 1.69. The molecule has 1 atom stereocenters. The van der Waals surface area contributed by atoms with Gasteiger partial charge in [-0.05, 0) is 53.1 Å². The van der Waals surface area contributed by atoms with E-state index in [2.05, 4.69) is 15.5 Å². The molecule has 0 aliphatic heterocycles. The SMILES string of the molecule is COc1ccc(C(=O)C(C)Sc2nnnn2Cc2cccs2)cc1.